The molecule has 16 heteroatoms. The first kappa shape index (κ1) is 31.8. The van der Waals surface area contributed by atoms with Crippen LogP contribution in [-0.4, -0.2) is 55.4 Å². The molecule has 5 N–H and O–H groups in total. The molecule has 0 spiro atoms. The predicted molar refractivity (Wildman–Crippen MR) is 173 cm³/mol. The summed E-state index contributed by atoms with van der Waals surface area (Å²) in [5, 5.41) is 15.4. The maximum Gasteiger partial charge on any atom is 0.319 e. The zero-order valence-corrected chi connectivity index (χ0v) is 26.6. The van der Waals surface area contributed by atoms with Crippen molar-refractivity contribution in [1.82, 2.24) is 25.1 Å². The molecule has 234 valence electrons. The molecule has 13 nitrogen and oxygen atoms in total. The molecule has 3 aromatic carbocycles. The Hall–Kier alpha value is -4.63. The first-order valence-corrected chi connectivity index (χ1v) is 15.6. The molecule has 0 saturated heterocycles. The molecule has 0 aliphatic carbocycles. The van der Waals surface area contributed by atoms with Crippen molar-refractivity contribution in [3.05, 3.63) is 98.0 Å². The molecule has 0 saturated carbocycles. The average Bonchev–Trinajstić information content (AvgIpc) is 3.36. The number of primary sulfonamides is 1. The number of carbonyl (C=O) groups excluding carboxylic acids is 1. The number of rotatable bonds is 9. The number of anilines is 2. The summed E-state index contributed by atoms with van der Waals surface area (Å²) in [5.74, 6) is 0.994. The van der Waals surface area contributed by atoms with Crippen LogP contribution in [0.25, 0.3) is 16.7 Å². The molecule has 0 radical (unpaired) electrons. The van der Waals surface area contributed by atoms with E-state index in [1.807, 2.05) is 30.3 Å². The molecule has 45 heavy (non-hydrogen) atoms. The largest absolute Gasteiger partial charge is 0.495 e. The van der Waals surface area contributed by atoms with Crippen molar-refractivity contribution in [2.75, 3.05) is 31.4 Å². The number of benzene rings is 3. The molecule has 0 aliphatic rings. The summed E-state index contributed by atoms with van der Waals surface area (Å²) < 4.78 is 30.5. The number of sulfonamides is 1. The zero-order chi connectivity index (χ0) is 32.5. The minimum absolute atomic E-state index is 0.0683. The van der Waals surface area contributed by atoms with Crippen molar-refractivity contribution in [2.45, 2.75) is 17.9 Å². The third-order valence-corrected chi connectivity index (χ3v) is 8.17. The summed E-state index contributed by atoms with van der Waals surface area (Å²) in [6.07, 6.45) is 0.157. The predicted octanol–water partition coefficient (Wildman–Crippen LogP) is 4.05. The Morgan fingerprint density at radius 3 is 2.38 bits per heavy atom. The number of aromatic nitrogens is 4. The van der Waals surface area contributed by atoms with Crippen LogP contribution < -0.4 is 31.0 Å². The number of aromatic amines is 1. The van der Waals surface area contributed by atoms with Gasteiger partial charge in [0, 0.05) is 27.1 Å². The molecular formula is C29H28Cl2N8O5S. The number of ether oxygens (including phenoxy) is 1. The normalized spacial score (nSPS) is 11.4. The van der Waals surface area contributed by atoms with E-state index >= 15 is 0 Å². The molecule has 0 fully saturated rings. The van der Waals surface area contributed by atoms with Gasteiger partial charge in [0.2, 0.25) is 10.0 Å². The minimum atomic E-state index is -4.09. The Bertz CT molecular complexity index is 2060. The SMILES string of the molecule is COc1ccc(Cc2nc3c(c(N(C)C)nn3-c3c(Cl)cc(S(N)(=O)=O)cc3Cl)c(=O)[nH]2)cc1NC(=O)NCc1ccccc1. The second-order valence-electron chi connectivity index (χ2n) is 10.1. The van der Waals surface area contributed by atoms with Gasteiger partial charge in [-0.25, -0.2) is 28.0 Å². The molecular weight excluding hydrogens is 643 g/mol. The maximum atomic E-state index is 13.4. The third-order valence-electron chi connectivity index (χ3n) is 6.70. The van der Waals surface area contributed by atoms with Gasteiger partial charge < -0.3 is 25.3 Å². The molecule has 0 unspecified atom stereocenters. The lowest BCUT2D eigenvalue weighted by Crippen LogP contribution is -2.28. The van der Waals surface area contributed by atoms with Crippen molar-refractivity contribution in [3.8, 4) is 11.4 Å². The highest BCUT2D eigenvalue weighted by Crippen LogP contribution is 2.35. The first-order valence-electron chi connectivity index (χ1n) is 13.3. The second kappa shape index (κ2) is 12.8. The third kappa shape index (κ3) is 6.88. The topological polar surface area (TPSA) is 177 Å². The van der Waals surface area contributed by atoms with E-state index in [1.54, 1.807) is 37.2 Å². The molecule has 2 aromatic heterocycles. The van der Waals surface area contributed by atoms with Crippen LogP contribution in [0.5, 0.6) is 5.75 Å². The Morgan fingerprint density at radius 1 is 1.07 bits per heavy atom. The number of nitrogens with two attached hydrogens (primary N) is 1. The first-order chi connectivity index (χ1) is 21.3. The summed E-state index contributed by atoms with van der Waals surface area (Å²) in [7, 11) is 0.802. The molecule has 5 aromatic rings. The van der Waals surface area contributed by atoms with E-state index in [4.69, 9.17) is 33.1 Å². The van der Waals surface area contributed by atoms with E-state index in [1.165, 1.54) is 11.8 Å². The van der Waals surface area contributed by atoms with Crippen LogP contribution in [0.3, 0.4) is 0 Å². The number of hydrogen-bond donors (Lipinski definition) is 4. The monoisotopic (exact) mass is 670 g/mol. The van der Waals surface area contributed by atoms with Crippen LogP contribution in [0.15, 0.2) is 70.4 Å². The maximum absolute atomic E-state index is 13.4. The zero-order valence-electron chi connectivity index (χ0n) is 24.3. The second-order valence-corrected chi connectivity index (χ2v) is 12.5. The molecule has 2 heterocycles. The number of halogens is 2. The summed E-state index contributed by atoms with van der Waals surface area (Å²) >= 11 is 12.9. The van der Waals surface area contributed by atoms with Gasteiger partial charge in [-0.3, -0.25) is 4.79 Å². The summed E-state index contributed by atoms with van der Waals surface area (Å²) in [5.41, 5.74) is 1.84. The van der Waals surface area contributed by atoms with Gasteiger partial charge in [0.1, 0.15) is 22.6 Å². The lowest BCUT2D eigenvalue weighted by molar-refractivity contribution is 0.251. The number of carbonyl (C=O) groups is 1. The fraction of sp³-hybridized carbons (Fsp3) is 0.172. The lowest BCUT2D eigenvalue weighted by atomic mass is 10.1. The number of urea groups is 1. The van der Waals surface area contributed by atoms with Crippen LogP contribution >= 0.6 is 23.2 Å². The smallest absolute Gasteiger partial charge is 0.319 e. The average molecular weight is 672 g/mol. The Balaban J connectivity index is 1.51. The highest BCUT2D eigenvalue weighted by molar-refractivity contribution is 7.89. The molecule has 0 aliphatic heterocycles. The van der Waals surface area contributed by atoms with Gasteiger partial charge in [-0.1, -0.05) is 59.6 Å². The minimum Gasteiger partial charge on any atom is -0.495 e. The molecule has 0 atom stereocenters. The van der Waals surface area contributed by atoms with Crippen LogP contribution in [0.2, 0.25) is 10.0 Å². The van der Waals surface area contributed by atoms with Crippen LogP contribution in [-0.2, 0) is 23.0 Å². The number of fused-ring (bicyclic) bond motifs is 1. The van der Waals surface area contributed by atoms with Gasteiger partial charge in [-0.15, -0.1) is 5.10 Å². The van der Waals surface area contributed by atoms with E-state index in [-0.39, 0.29) is 49.7 Å². The number of hydrogen-bond acceptors (Lipinski definition) is 8. The van der Waals surface area contributed by atoms with E-state index in [0.717, 1.165) is 17.7 Å². The van der Waals surface area contributed by atoms with Gasteiger partial charge >= 0.3 is 6.03 Å². The van der Waals surface area contributed by atoms with Crippen LogP contribution in [0.4, 0.5) is 16.3 Å². The summed E-state index contributed by atoms with van der Waals surface area (Å²) in [6.45, 7) is 0.335. The van der Waals surface area contributed by atoms with E-state index in [9.17, 15) is 18.0 Å². The van der Waals surface area contributed by atoms with E-state index < -0.39 is 21.6 Å². The van der Waals surface area contributed by atoms with Crippen molar-refractivity contribution in [2.24, 2.45) is 5.14 Å². The standard InChI is InChI=1S/C29H28Cl2N8O5S/c1-38(2)27-24-26(39(37-27)25-19(30)13-18(14-20(25)31)45(32,42)43)35-23(36-28(24)40)12-17-9-10-22(44-3)21(11-17)34-29(41)33-15-16-7-5-4-6-8-16/h4-11,13-14H,12,15H2,1-3H3,(H2,32,42,43)(H2,33,34,41)(H,35,36,40). The van der Waals surface area contributed by atoms with Crippen LogP contribution in [0, 0.1) is 0 Å². The van der Waals surface area contributed by atoms with E-state index in [2.05, 4.69) is 25.7 Å². The fourth-order valence-corrected chi connectivity index (χ4v) is 5.96. The number of nitrogens with one attached hydrogen (secondary N) is 3. The number of methoxy groups -OCH3 is 1. The Labute approximate surface area is 268 Å². The quantitative estimate of drug-likeness (QED) is 0.181. The highest BCUT2D eigenvalue weighted by Gasteiger charge is 2.24. The Morgan fingerprint density at radius 2 is 1.76 bits per heavy atom. The van der Waals surface area contributed by atoms with Gasteiger partial charge in [0.05, 0.1) is 27.7 Å². The van der Waals surface area contributed by atoms with Gasteiger partial charge in [0.15, 0.2) is 11.5 Å². The number of amides is 2. The summed E-state index contributed by atoms with van der Waals surface area (Å²) in [6, 6.07) is 16.5. The number of nitrogens with zero attached hydrogens (tertiary/aromatic N) is 4. The van der Waals surface area contributed by atoms with Crippen molar-refractivity contribution in [1.29, 1.82) is 0 Å². The molecule has 5 rings (SSSR count). The fourth-order valence-electron chi connectivity index (χ4n) is 4.62. The van der Waals surface area contributed by atoms with Gasteiger partial charge in [-0.2, -0.15) is 0 Å². The Kier molecular flexibility index (Phi) is 9.02. The highest BCUT2D eigenvalue weighted by atomic mass is 35.5. The number of H-pyrrole nitrogens is 1. The van der Waals surface area contributed by atoms with Gasteiger partial charge in [0.25, 0.3) is 5.56 Å². The lowest BCUT2D eigenvalue weighted by Gasteiger charge is -2.13. The van der Waals surface area contributed by atoms with E-state index in [0.29, 0.717) is 23.5 Å². The summed E-state index contributed by atoms with van der Waals surface area (Å²) in [4.78, 5) is 34.9. The van der Waals surface area contributed by atoms with Crippen LogP contribution in [0.1, 0.15) is 17.0 Å². The molecule has 0 bridgehead atoms. The van der Waals surface area contributed by atoms with Crippen molar-refractivity contribution in [3.63, 3.8) is 0 Å². The molecule has 2 amide bonds. The van der Waals surface area contributed by atoms with Crippen molar-refractivity contribution < 1.29 is 17.9 Å². The van der Waals surface area contributed by atoms with Crippen molar-refractivity contribution >= 4 is 61.8 Å². The van der Waals surface area contributed by atoms with Gasteiger partial charge in [-0.05, 0) is 35.4 Å².